The van der Waals surface area contributed by atoms with E-state index < -0.39 is 0 Å². The minimum atomic E-state index is 0.651. The molecule has 12 heavy (non-hydrogen) atoms. The van der Waals surface area contributed by atoms with Gasteiger partial charge in [0.2, 0.25) is 0 Å². The first-order chi connectivity index (χ1) is 5.83. The van der Waals surface area contributed by atoms with Crippen molar-refractivity contribution in [2.75, 3.05) is 4.57 Å². The minimum absolute atomic E-state index is 0.651. The van der Waals surface area contributed by atoms with Crippen LogP contribution >= 0.6 is 0 Å². The fourth-order valence-electron chi connectivity index (χ4n) is 1.74. The molecule has 1 aliphatic heterocycles. The second kappa shape index (κ2) is 3.07. The monoisotopic (exact) mass is 188 g/mol. The van der Waals surface area contributed by atoms with Crippen LogP contribution < -0.4 is 4.57 Å². The highest BCUT2D eigenvalue weighted by Crippen LogP contribution is 2.30. The normalized spacial score (nSPS) is 21.2. The number of hydrogen-bond acceptors (Lipinski definition) is 1. The molecule has 0 N–H and O–H groups in total. The van der Waals surface area contributed by atoms with E-state index >= 15 is 0 Å². The van der Waals surface area contributed by atoms with Crippen LogP contribution in [-0.2, 0) is 6.42 Å². The van der Waals surface area contributed by atoms with Gasteiger partial charge in [-0.3, -0.25) is 0 Å². The molecule has 0 aromatic heterocycles. The Morgan fingerprint density at radius 3 is 3.00 bits per heavy atom. The molecule has 1 aromatic carbocycles. The zero-order chi connectivity index (χ0) is 8.55. The Morgan fingerprint density at radius 1 is 1.50 bits per heavy atom. The summed E-state index contributed by atoms with van der Waals surface area (Å²) < 4.78 is 2.41. The molecule has 59 valence electrons. The first-order valence-corrected chi connectivity index (χ1v) is 6.57. The van der Waals surface area contributed by atoms with Crippen molar-refractivity contribution in [2.45, 2.75) is 19.4 Å². The van der Waals surface area contributed by atoms with E-state index in [1.165, 1.54) is 17.7 Å². The number of benzene rings is 1. The Kier molecular flexibility index (Phi) is 2.06. The van der Waals surface area contributed by atoms with Crippen LogP contribution in [0.2, 0.25) is 0 Å². The summed E-state index contributed by atoms with van der Waals surface area (Å²) >= 11 is 0. The largest absolute Gasteiger partial charge is 0.399 e. The molecule has 0 fully saturated rings. The molecule has 2 rings (SSSR count). The summed E-state index contributed by atoms with van der Waals surface area (Å²) in [5, 5.41) is 0. The van der Waals surface area contributed by atoms with Crippen LogP contribution in [-0.4, -0.2) is 25.0 Å². The average molecular weight is 188 g/mol. The van der Waals surface area contributed by atoms with Crippen LogP contribution in [0.15, 0.2) is 24.3 Å². The van der Waals surface area contributed by atoms with Crippen LogP contribution in [0, 0.1) is 0 Å². The van der Waals surface area contributed by atoms with Crippen LogP contribution in [0.4, 0.5) is 5.69 Å². The molecule has 0 bridgehead atoms. The highest BCUT2D eigenvalue weighted by atomic mass is 29.1. The molecule has 0 saturated heterocycles. The molecule has 1 atom stereocenters. The molecule has 1 heterocycles. The van der Waals surface area contributed by atoms with Crippen molar-refractivity contribution in [3.63, 3.8) is 0 Å². The van der Waals surface area contributed by atoms with Gasteiger partial charge >= 0.3 is 0 Å². The SMILES string of the molecule is CC1Cc2ccccc2N1[Si][Si]. The third-order valence-electron chi connectivity index (χ3n) is 2.33. The van der Waals surface area contributed by atoms with Crippen molar-refractivity contribution in [3.8, 4) is 0 Å². The second-order valence-electron chi connectivity index (χ2n) is 3.16. The van der Waals surface area contributed by atoms with E-state index in [4.69, 9.17) is 0 Å². The van der Waals surface area contributed by atoms with Crippen LogP contribution in [0.25, 0.3) is 0 Å². The molecule has 5 radical (unpaired) electrons. The first kappa shape index (κ1) is 8.07. The predicted octanol–water partition coefficient (Wildman–Crippen LogP) is 1.14. The van der Waals surface area contributed by atoms with Gasteiger partial charge in [-0.05, 0) is 25.0 Å². The van der Waals surface area contributed by atoms with Crippen LogP contribution in [0.3, 0.4) is 0 Å². The lowest BCUT2D eigenvalue weighted by Crippen LogP contribution is -2.33. The minimum Gasteiger partial charge on any atom is -0.399 e. The van der Waals surface area contributed by atoms with Gasteiger partial charge in [-0.2, -0.15) is 0 Å². The Bertz CT molecular complexity index is 288. The van der Waals surface area contributed by atoms with Gasteiger partial charge in [-0.1, -0.05) is 18.2 Å². The quantitative estimate of drug-likeness (QED) is 0.597. The molecule has 0 aliphatic carbocycles. The van der Waals surface area contributed by atoms with E-state index in [0.29, 0.717) is 15.2 Å². The molecule has 0 amide bonds. The highest BCUT2D eigenvalue weighted by Gasteiger charge is 2.23. The lowest BCUT2D eigenvalue weighted by Gasteiger charge is -2.22. The molecule has 1 unspecified atom stereocenters. The smallest absolute Gasteiger partial charge is 0.154 e. The van der Waals surface area contributed by atoms with Crippen molar-refractivity contribution in [2.24, 2.45) is 0 Å². The molecule has 3 heteroatoms. The predicted molar refractivity (Wildman–Crippen MR) is 53.6 cm³/mol. The highest BCUT2D eigenvalue weighted by molar-refractivity contribution is 6.91. The number of hydrogen-bond donors (Lipinski definition) is 0. The number of nitrogens with zero attached hydrogens (tertiary/aromatic N) is 1. The molecule has 0 saturated carbocycles. The van der Waals surface area contributed by atoms with Gasteiger partial charge in [0.05, 0.1) is 0 Å². The van der Waals surface area contributed by atoms with Gasteiger partial charge in [0, 0.05) is 21.5 Å². The van der Waals surface area contributed by atoms with Gasteiger partial charge in [0.1, 0.15) is 0 Å². The maximum absolute atomic E-state index is 3.59. The first-order valence-electron chi connectivity index (χ1n) is 4.12. The van der Waals surface area contributed by atoms with E-state index in [-0.39, 0.29) is 0 Å². The lowest BCUT2D eigenvalue weighted by atomic mass is 10.1. The summed E-state index contributed by atoms with van der Waals surface area (Å²) in [5.74, 6) is 0. The number of fused-ring (bicyclic) bond motifs is 1. The standard InChI is InChI=1S/C9H10NSi2/c1-7-6-8-4-2-3-5-9(8)10(7)12-11/h2-5,7H,6H2,1H3. The van der Waals surface area contributed by atoms with E-state index in [0.717, 1.165) is 0 Å². The molecule has 1 nitrogen and oxygen atoms in total. The van der Waals surface area contributed by atoms with Gasteiger partial charge in [0.25, 0.3) is 0 Å². The van der Waals surface area contributed by atoms with E-state index in [1.807, 2.05) is 0 Å². The van der Waals surface area contributed by atoms with Crippen molar-refractivity contribution in [3.05, 3.63) is 29.8 Å². The molecule has 1 aromatic rings. The Balaban J connectivity index is 2.40. The second-order valence-corrected chi connectivity index (χ2v) is 4.54. The maximum atomic E-state index is 3.59. The maximum Gasteiger partial charge on any atom is 0.154 e. The van der Waals surface area contributed by atoms with Gasteiger partial charge in [-0.15, -0.1) is 0 Å². The number of anilines is 1. The van der Waals surface area contributed by atoms with Crippen molar-refractivity contribution < 1.29 is 0 Å². The van der Waals surface area contributed by atoms with Crippen molar-refractivity contribution in [1.82, 2.24) is 0 Å². The molecule has 0 spiro atoms. The third kappa shape index (κ3) is 1.13. The van der Waals surface area contributed by atoms with E-state index in [2.05, 4.69) is 45.5 Å². The van der Waals surface area contributed by atoms with Crippen LogP contribution in [0.5, 0.6) is 0 Å². The molecule has 1 aliphatic rings. The van der Waals surface area contributed by atoms with Crippen LogP contribution in [0.1, 0.15) is 12.5 Å². The van der Waals surface area contributed by atoms with E-state index in [9.17, 15) is 0 Å². The summed E-state index contributed by atoms with van der Waals surface area (Å²) in [7, 11) is 4.29. The van der Waals surface area contributed by atoms with Crippen molar-refractivity contribution in [1.29, 1.82) is 0 Å². The van der Waals surface area contributed by atoms with Crippen molar-refractivity contribution >= 4 is 24.6 Å². The fraction of sp³-hybridized carbons (Fsp3) is 0.333. The van der Waals surface area contributed by atoms with E-state index in [1.54, 1.807) is 0 Å². The summed E-state index contributed by atoms with van der Waals surface area (Å²) in [6, 6.07) is 9.30. The Morgan fingerprint density at radius 2 is 2.25 bits per heavy atom. The topological polar surface area (TPSA) is 3.24 Å². The van der Waals surface area contributed by atoms with Gasteiger partial charge in [0.15, 0.2) is 9.20 Å². The molecular formula is C9H10NSi2. The average Bonchev–Trinajstić information content (AvgIpc) is 2.40. The zero-order valence-electron chi connectivity index (χ0n) is 7.04. The third-order valence-corrected chi connectivity index (χ3v) is 3.97. The fourth-order valence-corrected chi connectivity index (χ4v) is 3.41. The van der Waals surface area contributed by atoms with Gasteiger partial charge < -0.3 is 4.57 Å². The summed E-state index contributed by atoms with van der Waals surface area (Å²) in [5.41, 5.74) is 2.88. The lowest BCUT2D eigenvalue weighted by molar-refractivity contribution is 0.787. The summed E-state index contributed by atoms with van der Waals surface area (Å²) in [6.07, 6.45) is 1.19. The summed E-state index contributed by atoms with van der Waals surface area (Å²) in [4.78, 5) is 0. The number of para-hydroxylation sites is 1. The Hall–Kier alpha value is -0.546. The zero-order valence-corrected chi connectivity index (χ0v) is 9.04. The summed E-state index contributed by atoms with van der Waals surface area (Å²) in [6.45, 7) is 2.27. The number of rotatable bonds is 1. The molecular weight excluding hydrogens is 178 g/mol. The Labute approximate surface area is 78.9 Å². The van der Waals surface area contributed by atoms with Gasteiger partial charge in [-0.25, -0.2) is 0 Å².